The van der Waals surface area contributed by atoms with E-state index in [0.29, 0.717) is 0 Å². The first-order chi connectivity index (χ1) is 27.2. The van der Waals surface area contributed by atoms with E-state index in [-0.39, 0.29) is 5.92 Å². The predicted molar refractivity (Wildman–Crippen MR) is 229 cm³/mol. The van der Waals surface area contributed by atoms with Gasteiger partial charge in [-0.05, 0) is 107 Å². The van der Waals surface area contributed by atoms with Gasteiger partial charge in [0.25, 0.3) is 0 Å². The first-order valence-corrected chi connectivity index (χ1v) is 21.7. The third-order valence-corrected chi connectivity index (χ3v) is 14.9. The molecule has 55 heavy (non-hydrogen) atoms. The van der Waals surface area contributed by atoms with Gasteiger partial charge in [0.15, 0.2) is 0 Å². The lowest BCUT2D eigenvalue weighted by Crippen LogP contribution is -2.59. The van der Waals surface area contributed by atoms with Crippen molar-refractivity contribution in [1.29, 1.82) is 0 Å². The second kappa shape index (κ2) is 14.3. The molecule has 2 aliphatic carbocycles. The molecule has 0 saturated heterocycles. The van der Waals surface area contributed by atoms with Gasteiger partial charge in [-0.3, -0.25) is 0 Å². The number of hydrogen-bond acceptors (Lipinski definition) is 3. The Kier molecular flexibility index (Phi) is 8.69. The van der Waals surface area contributed by atoms with Crippen LogP contribution in [-0.2, 0) is 4.43 Å². The SMILES string of the molecule is C1=CC2=C(CC1)c1ccccc1O[Si]1(CC(c3ccc(-c4ccccc4)cc3)C2)OC2=C(CCC=C2)c2ccccc2N1c1ccc(-c2ccccc2)cc1. The van der Waals surface area contributed by atoms with Crippen molar-refractivity contribution < 1.29 is 8.85 Å². The van der Waals surface area contributed by atoms with E-state index in [2.05, 4.69) is 187 Å². The van der Waals surface area contributed by atoms with Crippen molar-refractivity contribution in [3.05, 3.63) is 210 Å². The average Bonchev–Trinajstić information content (AvgIpc) is 3.32. The third kappa shape index (κ3) is 6.27. The van der Waals surface area contributed by atoms with Gasteiger partial charge < -0.3 is 13.4 Å². The van der Waals surface area contributed by atoms with Crippen LogP contribution in [-0.4, -0.2) is 8.72 Å². The Balaban J connectivity index is 1.20. The number of hydrogen-bond donors (Lipinski definition) is 0. The second-order valence-corrected chi connectivity index (χ2v) is 17.7. The summed E-state index contributed by atoms with van der Waals surface area (Å²) >= 11 is 0. The minimum Gasteiger partial charge on any atom is -0.496 e. The van der Waals surface area contributed by atoms with Gasteiger partial charge in [0.1, 0.15) is 11.5 Å². The zero-order chi connectivity index (χ0) is 36.6. The van der Waals surface area contributed by atoms with Crippen LogP contribution in [0.5, 0.6) is 5.75 Å². The van der Waals surface area contributed by atoms with Gasteiger partial charge in [-0.2, -0.15) is 0 Å². The molecule has 4 heteroatoms. The Morgan fingerprint density at radius 1 is 0.509 bits per heavy atom. The highest BCUT2D eigenvalue weighted by Crippen LogP contribution is 2.51. The smallest absolute Gasteiger partial charge is 0.496 e. The topological polar surface area (TPSA) is 21.7 Å². The van der Waals surface area contributed by atoms with Crippen molar-refractivity contribution in [2.75, 3.05) is 4.57 Å². The first kappa shape index (κ1) is 33.5. The lowest BCUT2D eigenvalue weighted by Gasteiger charge is -2.42. The Labute approximate surface area is 325 Å². The summed E-state index contributed by atoms with van der Waals surface area (Å²) in [6.07, 6.45) is 14.0. The quantitative estimate of drug-likeness (QED) is 0.169. The van der Waals surface area contributed by atoms with E-state index in [1.165, 1.54) is 55.7 Å². The van der Waals surface area contributed by atoms with E-state index in [1.54, 1.807) is 0 Å². The Morgan fingerprint density at radius 3 is 1.82 bits per heavy atom. The first-order valence-electron chi connectivity index (χ1n) is 19.7. The molecule has 2 heterocycles. The molecule has 1 spiro atoms. The van der Waals surface area contributed by atoms with Crippen molar-refractivity contribution >= 4 is 31.2 Å². The van der Waals surface area contributed by atoms with E-state index < -0.39 is 8.72 Å². The monoisotopic (exact) mass is 729 g/mol. The van der Waals surface area contributed by atoms with Crippen LogP contribution in [0.25, 0.3) is 33.4 Å². The minimum absolute atomic E-state index is 0.131. The van der Waals surface area contributed by atoms with E-state index >= 15 is 0 Å². The highest BCUT2D eigenvalue weighted by molar-refractivity contribution is 6.74. The molecule has 268 valence electrons. The maximum absolute atomic E-state index is 7.82. The fourth-order valence-corrected chi connectivity index (χ4v) is 12.7. The summed E-state index contributed by atoms with van der Waals surface area (Å²) < 4.78 is 18.1. The molecule has 0 aromatic heterocycles. The zero-order valence-corrected chi connectivity index (χ0v) is 31.9. The van der Waals surface area contributed by atoms with Gasteiger partial charge in [0, 0.05) is 34.1 Å². The summed E-state index contributed by atoms with van der Waals surface area (Å²) in [5.74, 6) is 1.98. The van der Waals surface area contributed by atoms with Crippen LogP contribution in [0.4, 0.5) is 11.4 Å². The van der Waals surface area contributed by atoms with Crippen molar-refractivity contribution in [3.63, 3.8) is 0 Å². The highest BCUT2D eigenvalue weighted by Gasteiger charge is 2.56. The van der Waals surface area contributed by atoms with Crippen LogP contribution < -0.4 is 8.99 Å². The lowest BCUT2D eigenvalue weighted by atomic mass is 9.84. The van der Waals surface area contributed by atoms with E-state index in [1.807, 2.05) is 0 Å². The summed E-state index contributed by atoms with van der Waals surface area (Å²) in [5.41, 5.74) is 14.8. The van der Waals surface area contributed by atoms with Gasteiger partial charge in [-0.15, -0.1) is 0 Å². The molecule has 0 amide bonds. The zero-order valence-electron chi connectivity index (χ0n) is 30.9. The van der Waals surface area contributed by atoms with Gasteiger partial charge in [0.2, 0.25) is 0 Å². The van der Waals surface area contributed by atoms with Gasteiger partial charge in [-0.25, -0.2) is 0 Å². The molecule has 0 N–H and O–H groups in total. The summed E-state index contributed by atoms with van der Waals surface area (Å²) in [4.78, 5) is 0. The predicted octanol–water partition coefficient (Wildman–Crippen LogP) is 13.6. The molecular formula is C51H43NO2Si. The molecule has 2 aliphatic heterocycles. The molecule has 3 nitrogen and oxygen atoms in total. The molecule has 6 aromatic carbocycles. The number of para-hydroxylation sites is 2. The summed E-state index contributed by atoms with van der Waals surface area (Å²) in [6.45, 7) is 0. The number of fused-ring (bicyclic) bond motifs is 4. The van der Waals surface area contributed by atoms with Gasteiger partial charge >= 0.3 is 8.72 Å². The Hall–Kier alpha value is -6.10. The maximum atomic E-state index is 7.82. The Morgan fingerprint density at radius 2 is 1.09 bits per heavy atom. The van der Waals surface area contributed by atoms with Crippen LogP contribution >= 0.6 is 0 Å². The molecule has 0 radical (unpaired) electrons. The van der Waals surface area contributed by atoms with Crippen LogP contribution in [0.1, 0.15) is 54.7 Å². The standard InChI is InChI=1S/C51H43NO2Si/c1-3-15-37(16-4-1)39-27-29-41(30-28-39)43-35-42-19-7-8-20-45(42)47-22-10-13-25-50(47)53-55(36-43)52(44-33-31-40(32-34-44)38-17-5-2-6-18-38)49-24-12-9-21-46(49)48-23-11-14-26-51(48)54-55/h1-7,9-10,12-19,21-22,24-34,43H,8,11,20,23,35-36H2. The van der Waals surface area contributed by atoms with E-state index in [4.69, 9.17) is 8.85 Å². The number of rotatable bonds is 4. The minimum atomic E-state index is -3.53. The normalized spacial score (nSPS) is 20.1. The van der Waals surface area contributed by atoms with Crippen molar-refractivity contribution in [2.45, 2.75) is 44.1 Å². The van der Waals surface area contributed by atoms with Crippen LogP contribution in [0.2, 0.25) is 6.04 Å². The van der Waals surface area contributed by atoms with Gasteiger partial charge in [0.05, 0.1) is 0 Å². The highest BCUT2D eigenvalue weighted by atomic mass is 28.4. The fraction of sp³-hybridized carbons (Fsp3) is 0.137. The van der Waals surface area contributed by atoms with Crippen molar-refractivity contribution in [1.82, 2.24) is 0 Å². The average molecular weight is 730 g/mol. The van der Waals surface area contributed by atoms with Crippen LogP contribution in [0, 0.1) is 0 Å². The van der Waals surface area contributed by atoms with Crippen LogP contribution in [0.15, 0.2) is 193 Å². The molecule has 0 fully saturated rings. The van der Waals surface area contributed by atoms with E-state index in [0.717, 1.165) is 61.0 Å². The molecule has 10 rings (SSSR count). The van der Waals surface area contributed by atoms with Crippen molar-refractivity contribution in [3.8, 4) is 28.0 Å². The summed E-state index contributed by atoms with van der Waals surface area (Å²) in [5, 5.41) is 0. The molecule has 0 saturated carbocycles. The molecule has 0 bridgehead atoms. The summed E-state index contributed by atoms with van der Waals surface area (Å²) in [6, 6.07) is 58.0. The summed E-state index contributed by atoms with van der Waals surface area (Å²) in [7, 11) is -3.53. The lowest BCUT2D eigenvalue weighted by molar-refractivity contribution is 0.313. The molecule has 2 unspecified atom stereocenters. The molecule has 6 aromatic rings. The van der Waals surface area contributed by atoms with E-state index in [9.17, 15) is 0 Å². The molecule has 2 atom stereocenters. The molecular weight excluding hydrogens is 687 g/mol. The van der Waals surface area contributed by atoms with Gasteiger partial charge in [-0.1, -0.05) is 152 Å². The number of anilines is 2. The fourth-order valence-electron chi connectivity index (χ4n) is 8.99. The Bertz CT molecular complexity index is 2480. The third-order valence-electron chi connectivity index (χ3n) is 11.6. The van der Waals surface area contributed by atoms with Crippen molar-refractivity contribution in [2.24, 2.45) is 0 Å². The largest absolute Gasteiger partial charge is 0.593 e. The van der Waals surface area contributed by atoms with Crippen LogP contribution in [0.3, 0.4) is 0 Å². The molecule has 4 aliphatic rings. The number of benzene rings is 6. The maximum Gasteiger partial charge on any atom is 0.593 e. The second-order valence-electron chi connectivity index (χ2n) is 15.0. The number of nitrogens with zero attached hydrogens (tertiary/aromatic N) is 1. The number of allylic oxidation sites excluding steroid dienone is 7.